The summed E-state index contributed by atoms with van der Waals surface area (Å²) in [5, 5.41) is 11.8. The summed E-state index contributed by atoms with van der Waals surface area (Å²) < 4.78 is 5.90. The van der Waals surface area contributed by atoms with Crippen LogP contribution < -0.4 is 11.1 Å². The first-order valence-electron chi connectivity index (χ1n) is 17.5. The number of nitrogens with two attached hydrogens (primary N) is 1. The third-order valence-electron chi connectivity index (χ3n) is 7.83. The van der Waals surface area contributed by atoms with Gasteiger partial charge in [-0.25, -0.2) is 4.79 Å². The Morgan fingerprint density at radius 3 is 1.74 bits per heavy atom. The van der Waals surface area contributed by atoms with Gasteiger partial charge in [-0.15, -0.1) is 0 Å². The second-order valence-electron chi connectivity index (χ2n) is 11.9. The van der Waals surface area contributed by atoms with Crippen LogP contribution in [0, 0.1) is 0 Å². The maximum absolute atomic E-state index is 12.5. The number of carboxylic acids is 1. The lowest BCUT2D eigenvalue weighted by Gasteiger charge is -2.18. The van der Waals surface area contributed by atoms with E-state index in [1.54, 1.807) is 0 Å². The van der Waals surface area contributed by atoms with Gasteiger partial charge in [-0.05, 0) is 83.6 Å². The molecule has 7 heteroatoms. The van der Waals surface area contributed by atoms with Gasteiger partial charge in [0.1, 0.15) is 12.1 Å². The lowest BCUT2D eigenvalue weighted by atomic mass is 10.0. The van der Waals surface area contributed by atoms with Crippen LogP contribution in [-0.2, 0) is 19.1 Å². The molecule has 246 valence electrons. The number of aliphatic carboxylic acids is 1. The van der Waals surface area contributed by atoms with Crippen LogP contribution in [-0.4, -0.2) is 41.6 Å². The topological polar surface area (TPSA) is 119 Å². The average Bonchev–Trinajstić information content (AvgIpc) is 2.97. The summed E-state index contributed by atoms with van der Waals surface area (Å²) in [4.78, 5) is 35.9. The first-order valence-corrected chi connectivity index (χ1v) is 17.5. The number of rotatable bonds is 31. The fourth-order valence-corrected chi connectivity index (χ4v) is 5.15. The van der Waals surface area contributed by atoms with Crippen molar-refractivity contribution in [2.24, 2.45) is 5.73 Å². The molecule has 2 atom stereocenters. The van der Waals surface area contributed by atoms with Gasteiger partial charge in [0.25, 0.3) is 0 Å². The van der Waals surface area contributed by atoms with Gasteiger partial charge in [-0.3, -0.25) is 9.59 Å². The highest BCUT2D eigenvalue weighted by molar-refractivity contribution is 5.83. The van der Waals surface area contributed by atoms with Gasteiger partial charge in [-0.2, -0.15) is 0 Å². The molecule has 0 aliphatic carbocycles. The van der Waals surface area contributed by atoms with Gasteiger partial charge >= 0.3 is 11.9 Å². The van der Waals surface area contributed by atoms with E-state index in [9.17, 15) is 19.5 Å². The molecular formula is C35H66N2O5. The van der Waals surface area contributed by atoms with E-state index in [-0.39, 0.29) is 18.0 Å². The van der Waals surface area contributed by atoms with E-state index in [4.69, 9.17) is 10.5 Å². The van der Waals surface area contributed by atoms with Crippen LogP contribution in [0.5, 0.6) is 0 Å². The van der Waals surface area contributed by atoms with Crippen molar-refractivity contribution in [3.63, 3.8) is 0 Å². The Hall–Kier alpha value is -1.89. The first kappa shape index (κ1) is 40.1. The molecule has 4 N–H and O–H groups in total. The highest BCUT2D eigenvalue weighted by Gasteiger charge is 2.19. The molecule has 0 fully saturated rings. The molecule has 2 unspecified atom stereocenters. The summed E-state index contributed by atoms with van der Waals surface area (Å²) in [7, 11) is 0. The van der Waals surface area contributed by atoms with Crippen LogP contribution in [0.2, 0.25) is 0 Å². The normalized spacial score (nSPS) is 12.8. The van der Waals surface area contributed by atoms with Crippen LogP contribution >= 0.6 is 0 Å². The molecule has 0 spiro atoms. The Labute approximate surface area is 258 Å². The monoisotopic (exact) mass is 594 g/mol. The van der Waals surface area contributed by atoms with Crippen molar-refractivity contribution < 1.29 is 24.2 Å². The maximum Gasteiger partial charge on any atom is 0.326 e. The standard InChI is InChI=1S/C35H66N2O5/c1-3-5-7-9-10-11-12-13-14-15-16-17-23-29-34(39)42-31(25-20-8-6-4-2)26-21-18-19-22-28-33(38)37-32(35(40)41)27-24-30-36/h11-12,31-32H,3-10,13-30,36H2,1-2H3,(H,37,38)(H,40,41)/b12-11-. The molecule has 0 bridgehead atoms. The maximum atomic E-state index is 12.5. The second kappa shape index (κ2) is 30.6. The Bertz CT molecular complexity index is 682. The van der Waals surface area contributed by atoms with Gasteiger partial charge in [0.2, 0.25) is 5.91 Å². The smallest absolute Gasteiger partial charge is 0.326 e. The Kier molecular flexibility index (Phi) is 29.2. The van der Waals surface area contributed by atoms with Crippen LogP contribution in [0.1, 0.15) is 174 Å². The van der Waals surface area contributed by atoms with E-state index in [1.807, 2.05) is 0 Å². The van der Waals surface area contributed by atoms with Gasteiger partial charge in [0, 0.05) is 12.8 Å². The fourth-order valence-electron chi connectivity index (χ4n) is 5.15. The van der Waals surface area contributed by atoms with Crippen LogP contribution in [0.15, 0.2) is 12.2 Å². The Morgan fingerprint density at radius 2 is 1.17 bits per heavy atom. The minimum absolute atomic E-state index is 0.00900. The van der Waals surface area contributed by atoms with Crippen molar-refractivity contribution in [2.75, 3.05) is 6.54 Å². The number of carbonyl (C=O) groups excluding carboxylic acids is 2. The molecule has 1 amide bonds. The summed E-state index contributed by atoms with van der Waals surface area (Å²) in [6.07, 6.45) is 29.8. The quantitative estimate of drug-likeness (QED) is 0.0419. The van der Waals surface area contributed by atoms with Gasteiger partial charge in [-0.1, -0.05) is 96.6 Å². The van der Waals surface area contributed by atoms with E-state index >= 15 is 0 Å². The van der Waals surface area contributed by atoms with E-state index < -0.39 is 12.0 Å². The van der Waals surface area contributed by atoms with Crippen molar-refractivity contribution in [1.29, 1.82) is 0 Å². The molecule has 0 saturated heterocycles. The van der Waals surface area contributed by atoms with Crippen LogP contribution in [0.4, 0.5) is 0 Å². The number of ether oxygens (including phenoxy) is 1. The number of carbonyl (C=O) groups is 3. The van der Waals surface area contributed by atoms with Gasteiger partial charge < -0.3 is 20.9 Å². The number of allylic oxidation sites excluding steroid dienone is 2. The number of hydrogen-bond donors (Lipinski definition) is 3. The summed E-state index contributed by atoms with van der Waals surface area (Å²) in [5.41, 5.74) is 5.45. The Morgan fingerprint density at radius 1 is 0.667 bits per heavy atom. The molecule has 0 radical (unpaired) electrons. The lowest BCUT2D eigenvalue weighted by Crippen LogP contribution is -2.40. The predicted molar refractivity (Wildman–Crippen MR) is 174 cm³/mol. The minimum atomic E-state index is -1.01. The zero-order valence-electron chi connectivity index (χ0n) is 27.4. The SMILES string of the molecule is CCCCCC/C=C\CCCCCCCC(=O)OC(CCCCCC)CCCCCCC(=O)NC(CCCN)C(=O)O. The number of hydrogen-bond acceptors (Lipinski definition) is 5. The lowest BCUT2D eigenvalue weighted by molar-refractivity contribution is -0.150. The van der Waals surface area contributed by atoms with Crippen molar-refractivity contribution >= 4 is 17.8 Å². The minimum Gasteiger partial charge on any atom is -0.480 e. The Balaban J connectivity index is 4.10. The zero-order chi connectivity index (χ0) is 31.1. The van der Waals surface area contributed by atoms with E-state index in [0.29, 0.717) is 32.2 Å². The molecule has 0 rings (SSSR count). The number of carboxylic acid groups (broad SMARTS) is 1. The third kappa shape index (κ3) is 27.0. The number of nitrogens with one attached hydrogen (secondary N) is 1. The highest BCUT2D eigenvalue weighted by Crippen LogP contribution is 2.18. The number of unbranched alkanes of at least 4 members (excludes halogenated alkanes) is 15. The van der Waals surface area contributed by atoms with Crippen molar-refractivity contribution in [3.05, 3.63) is 12.2 Å². The number of esters is 1. The van der Waals surface area contributed by atoms with Crippen molar-refractivity contribution in [2.45, 2.75) is 187 Å². The van der Waals surface area contributed by atoms with Crippen molar-refractivity contribution in [1.82, 2.24) is 5.32 Å². The van der Waals surface area contributed by atoms with Gasteiger partial charge in [0.05, 0.1) is 0 Å². The zero-order valence-corrected chi connectivity index (χ0v) is 27.4. The summed E-state index contributed by atoms with van der Waals surface area (Å²) >= 11 is 0. The van der Waals surface area contributed by atoms with Crippen molar-refractivity contribution in [3.8, 4) is 0 Å². The molecule has 7 nitrogen and oxygen atoms in total. The van der Waals surface area contributed by atoms with E-state index in [2.05, 4.69) is 31.3 Å². The molecule has 0 aliphatic rings. The molecule has 0 aromatic rings. The largest absolute Gasteiger partial charge is 0.480 e. The number of amides is 1. The molecule has 0 saturated carbocycles. The molecule has 0 aromatic carbocycles. The second-order valence-corrected chi connectivity index (χ2v) is 11.9. The highest BCUT2D eigenvalue weighted by atomic mass is 16.5. The van der Waals surface area contributed by atoms with Crippen LogP contribution in [0.25, 0.3) is 0 Å². The first-order chi connectivity index (χ1) is 20.4. The fraction of sp³-hybridized carbons (Fsp3) is 0.857. The third-order valence-corrected chi connectivity index (χ3v) is 7.83. The molecule has 0 heterocycles. The summed E-state index contributed by atoms with van der Waals surface area (Å²) in [6.45, 7) is 4.86. The molecule has 0 aliphatic heterocycles. The van der Waals surface area contributed by atoms with E-state index in [1.165, 1.54) is 77.0 Å². The molecular weight excluding hydrogens is 528 g/mol. The predicted octanol–water partition coefficient (Wildman–Crippen LogP) is 8.77. The average molecular weight is 595 g/mol. The van der Waals surface area contributed by atoms with Gasteiger partial charge in [0.15, 0.2) is 0 Å². The summed E-state index contributed by atoms with van der Waals surface area (Å²) in [5.74, 6) is -1.28. The summed E-state index contributed by atoms with van der Waals surface area (Å²) in [6, 6.07) is -0.860. The molecule has 0 aromatic heterocycles. The van der Waals surface area contributed by atoms with E-state index in [0.717, 1.165) is 57.8 Å². The molecule has 42 heavy (non-hydrogen) atoms. The van der Waals surface area contributed by atoms with Crippen LogP contribution in [0.3, 0.4) is 0 Å².